The molecule has 1 fully saturated rings. The van der Waals surface area contributed by atoms with E-state index in [2.05, 4.69) is 0 Å². The minimum Gasteiger partial charge on any atom is -0.351 e. The van der Waals surface area contributed by atoms with E-state index in [1.165, 1.54) is 17.0 Å². The van der Waals surface area contributed by atoms with Crippen molar-refractivity contribution in [1.82, 2.24) is 4.90 Å². The lowest BCUT2D eigenvalue weighted by Crippen LogP contribution is -2.36. The molecule has 86 valence electrons. The lowest BCUT2D eigenvalue weighted by atomic mass is 10.0. The second-order valence-electron chi connectivity index (χ2n) is 4.28. The van der Waals surface area contributed by atoms with Crippen molar-refractivity contribution in [2.45, 2.75) is 18.9 Å². The third-order valence-corrected chi connectivity index (χ3v) is 3.04. The molecule has 1 aromatic rings. The van der Waals surface area contributed by atoms with Crippen LogP contribution in [-0.2, 0) is 0 Å². The van der Waals surface area contributed by atoms with E-state index >= 15 is 0 Å². The van der Waals surface area contributed by atoms with Gasteiger partial charge in [0.05, 0.1) is 6.04 Å². The number of amides is 2. The normalized spacial score (nSPS) is 16.9. The maximum absolute atomic E-state index is 12.8. The van der Waals surface area contributed by atoms with E-state index in [0.717, 1.165) is 18.4 Å². The molecule has 2 rings (SSSR count). The number of hydrogen-bond acceptors (Lipinski definition) is 1. The average molecular weight is 222 g/mol. The summed E-state index contributed by atoms with van der Waals surface area (Å²) in [5.41, 5.74) is 6.23. The molecule has 16 heavy (non-hydrogen) atoms. The smallest absolute Gasteiger partial charge is 0.315 e. The molecule has 2 N–H and O–H groups in total. The minimum absolute atomic E-state index is 0.0156. The molecular weight excluding hydrogens is 207 g/mol. The molecule has 0 radical (unpaired) electrons. The fraction of sp³-hybridized carbons (Fsp3) is 0.417. The summed E-state index contributed by atoms with van der Waals surface area (Å²) < 4.78 is 12.8. The monoisotopic (exact) mass is 222 g/mol. The summed E-state index contributed by atoms with van der Waals surface area (Å²) in [6.07, 6.45) is 2.19. The van der Waals surface area contributed by atoms with Crippen molar-refractivity contribution in [3.8, 4) is 0 Å². The number of carbonyl (C=O) groups excluding carboxylic acids is 1. The van der Waals surface area contributed by atoms with Gasteiger partial charge in [0.2, 0.25) is 0 Å². The minimum atomic E-state index is -0.443. The van der Waals surface area contributed by atoms with Gasteiger partial charge < -0.3 is 10.6 Å². The standard InChI is InChI=1S/C12H15FN2O/c1-15(12(14)16)11(8-2-3-8)9-4-6-10(13)7-5-9/h4-8,11H,2-3H2,1H3,(H2,14,16). The molecule has 0 saturated heterocycles. The predicted molar refractivity (Wildman–Crippen MR) is 59.2 cm³/mol. The third-order valence-electron chi connectivity index (χ3n) is 3.04. The van der Waals surface area contributed by atoms with E-state index in [4.69, 9.17) is 5.73 Å². The highest BCUT2D eigenvalue weighted by atomic mass is 19.1. The molecule has 0 heterocycles. The van der Waals surface area contributed by atoms with Crippen LogP contribution in [0.3, 0.4) is 0 Å². The molecule has 1 aliphatic rings. The van der Waals surface area contributed by atoms with Crippen LogP contribution in [0, 0.1) is 11.7 Å². The Balaban J connectivity index is 2.25. The van der Waals surface area contributed by atoms with E-state index < -0.39 is 6.03 Å². The number of nitrogens with two attached hydrogens (primary N) is 1. The number of primary amides is 1. The molecule has 0 spiro atoms. The van der Waals surface area contributed by atoms with Gasteiger partial charge in [-0.15, -0.1) is 0 Å². The Kier molecular flexibility index (Phi) is 2.81. The highest BCUT2D eigenvalue weighted by Gasteiger charge is 2.36. The first-order chi connectivity index (χ1) is 7.59. The summed E-state index contributed by atoms with van der Waals surface area (Å²) in [5, 5.41) is 0. The van der Waals surface area contributed by atoms with Gasteiger partial charge in [0.15, 0.2) is 0 Å². The summed E-state index contributed by atoms with van der Waals surface area (Å²) in [6, 6.07) is 5.81. The van der Waals surface area contributed by atoms with Crippen LogP contribution < -0.4 is 5.73 Å². The van der Waals surface area contributed by atoms with Gasteiger partial charge in [0, 0.05) is 7.05 Å². The quantitative estimate of drug-likeness (QED) is 0.838. The van der Waals surface area contributed by atoms with Crippen LogP contribution in [-0.4, -0.2) is 18.0 Å². The number of hydrogen-bond donors (Lipinski definition) is 1. The average Bonchev–Trinajstić information content (AvgIpc) is 3.05. The van der Waals surface area contributed by atoms with E-state index in [1.54, 1.807) is 19.2 Å². The van der Waals surface area contributed by atoms with Crippen LogP contribution in [0.25, 0.3) is 0 Å². The maximum atomic E-state index is 12.8. The van der Waals surface area contributed by atoms with Crippen molar-refractivity contribution in [2.24, 2.45) is 11.7 Å². The second-order valence-corrected chi connectivity index (χ2v) is 4.28. The molecule has 0 bridgehead atoms. The Bertz CT molecular complexity index is 387. The Morgan fingerprint density at radius 2 is 2.00 bits per heavy atom. The molecule has 3 nitrogen and oxygen atoms in total. The molecule has 4 heteroatoms. The first-order valence-corrected chi connectivity index (χ1v) is 5.37. The van der Waals surface area contributed by atoms with Gasteiger partial charge in [0.1, 0.15) is 5.82 Å². The maximum Gasteiger partial charge on any atom is 0.315 e. The van der Waals surface area contributed by atoms with Gasteiger partial charge in [-0.1, -0.05) is 12.1 Å². The zero-order valence-electron chi connectivity index (χ0n) is 9.19. The van der Waals surface area contributed by atoms with E-state index in [9.17, 15) is 9.18 Å². The molecule has 0 aliphatic heterocycles. The fourth-order valence-electron chi connectivity index (χ4n) is 2.02. The van der Waals surface area contributed by atoms with Crippen LogP contribution in [0.2, 0.25) is 0 Å². The van der Waals surface area contributed by atoms with Crippen LogP contribution in [0.15, 0.2) is 24.3 Å². The van der Waals surface area contributed by atoms with E-state index in [1.807, 2.05) is 0 Å². The van der Waals surface area contributed by atoms with Gasteiger partial charge in [-0.25, -0.2) is 9.18 Å². The number of benzene rings is 1. The van der Waals surface area contributed by atoms with Crippen molar-refractivity contribution in [3.63, 3.8) is 0 Å². The van der Waals surface area contributed by atoms with Gasteiger partial charge in [-0.3, -0.25) is 0 Å². The Morgan fingerprint density at radius 3 is 2.44 bits per heavy atom. The Labute approximate surface area is 94.0 Å². The van der Waals surface area contributed by atoms with Gasteiger partial charge in [-0.2, -0.15) is 0 Å². The first-order valence-electron chi connectivity index (χ1n) is 5.37. The molecule has 1 atom stereocenters. The second kappa shape index (κ2) is 4.12. The number of halogens is 1. The zero-order valence-corrected chi connectivity index (χ0v) is 9.19. The van der Waals surface area contributed by atoms with Gasteiger partial charge in [-0.05, 0) is 36.5 Å². The van der Waals surface area contributed by atoms with Crippen LogP contribution in [0.5, 0.6) is 0 Å². The molecule has 0 aromatic heterocycles. The number of carbonyl (C=O) groups is 1. The summed E-state index contributed by atoms with van der Waals surface area (Å²) in [5.74, 6) is 0.197. The Hall–Kier alpha value is -1.58. The predicted octanol–water partition coefficient (Wildman–Crippen LogP) is 2.29. The first kappa shape index (κ1) is 10.9. The summed E-state index contributed by atoms with van der Waals surface area (Å²) >= 11 is 0. The molecule has 1 aromatic carbocycles. The summed E-state index contributed by atoms with van der Waals surface area (Å²) in [4.78, 5) is 12.7. The molecular formula is C12H15FN2O. The van der Waals surface area contributed by atoms with Crippen molar-refractivity contribution in [2.75, 3.05) is 7.05 Å². The van der Waals surface area contributed by atoms with E-state index in [-0.39, 0.29) is 11.9 Å². The lowest BCUT2D eigenvalue weighted by molar-refractivity contribution is 0.193. The molecule has 2 amide bonds. The van der Waals surface area contributed by atoms with Crippen LogP contribution >= 0.6 is 0 Å². The third kappa shape index (κ3) is 2.15. The van der Waals surface area contributed by atoms with Crippen molar-refractivity contribution in [1.29, 1.82) is 0 Å². The molecule has 1 unspecified atom stereocenters. The molecule has 1 saturated carbocycles. The summed E-state index contributed by atoms with van der Waals surface area (Å²) in [7, 11) is 1.69. The Morgan fingerprint density at radius 1 is 1.44 bits per heavy atom. The van der Waals surface area contributed by atoms with Crippen LogP contribution in [0.1, 0.15) is 24.4 Å². The van der Waals surface area contributed by atoms with Crippen molar-refractivity contribution in [3.05, 3.63) is 35.6 Å². The van der Waals surface area contributed by atoms with Crippen molar-refractivity contribution < 1.29 is 9.18 Å². The number of rotatable bonds is 3. The topological polar surface area (TPSA) is 46.3 Å². The van der Waals surface area contributed by atoms with Gasteiger partial charge >= 0.3 is 6.03 Å². The number of nitrogens with zero attached hydrogens (tertiary/aromatic N) is 1. The van der Waals surface area contributed by atoms with Gasteiger partial charge in [0.25, 0.3) is 0 Å². The molecule has 1 aliphatic carbocycles. The van der Waals surface area contributed by atoms with Crippen LogP contribution in [0.4, 0.5) is 9.18 Å². The zero-order chi connectivity index (χ0) is 11.7. The SMILES string of the molecule is CN(C(N)=O)C(c1ccc(F)cc1)C1CC1. The highest BCUT2D eigenvalue weighted by molar-refractivity contribution is 5.72. The fourth-order valence-corrected chi connectivity index (χ4v) is 2.02. The summed E-state index contributed by atoms with van der Waals surface area (Å²) in [6.45, 7) is 0. The van der Waals surface area contributed by atoms with Crippen molar-refractivity contribution >= 4 is 6.03 Å². The highest BCUT2D eigenvalue weighted by Crippen LogP contribution is 2.43. The largest absolute Gasteiger partial charge is 0.351 e. The lowest BCUT2D eigenvalue weighted by Gasteiger charge is -2.27. The van der Waals surface area contributed by atoms with E-state index in [0.29, 0.717) is 5.92 Å². The number of urea groups is 1.